The Hall–Kier alpha value is -3.67. The number of hydrogen-bond acceptors (Lipinski definition) is 3. The van der Waals surface area contributed by atoms with Crippen molar-refractivity contribution < 1.29 is 4.79 Å². The Morgan fingerprint density at radius 1 is 1.03 bits per heavy atom. The fourth-order valence-corrected chi connectivity index (χ4v) is 4.78. The predicted molar refractivity (Wildman–Crippen MR) is 125 cm³/mol. The van der Waals surface area contributed by atoms with Crippen molar-refractivity contribution in [3.63, 3.8) is 0 Å². The Morgan fingerprint density at radius 2 is 1.81 bits per heavy atom. The van der Waals surface area contributed by atoms with Gasteiger partial charge in [-0.2, -0.15) is 0 Å². The Morgan fingerprint density at radius 3 is 2.62 bits per heavy atom. The Kier molecular flexibility index (Phi) is 4.45. The van der Waals surface area contributed by atoms with Gasteiger partial charge in [0.1, 0.15) is 17.6 Å². The highest BCUT2D eigenvalue weighted by molar-refractivity contribution is 5.97. The van der Waals surface area contributed by atoms with Crippen molar-refractivity contribution in [3.05, 3.63) is 83.0 Å². The zero-order valence-corrected chi connectivity index (χ0v) is 17.8. The number of nitrogens with zero attached hydrogens (tertiary/aromatic N) is 4. The molecule has 160 valence electrons. The molecule has 0 N–H and O–H groups in total. The van der Waals surface area contributed by atoms with Gasteiger partial charge in [0, 0.05) is 30.0 Å². The molecule has 1 saturated carbocycles. The van der Waals surface area contributed by atoms with Gasteiger partial charge in [-0.05, 0) is 42.9 Å². The van der Waals surface area contributed by atoms with Crippen molar-refractivity contribution in [1.82, 2.24) is 14.1 Å². The van der Waals surface area contributed by atoms with Crippen LogP contribution in [-0.2, 0) is 17.8 Å². The number of carbonyl (C=O) groups excluding carboxylic acids is 1. The molecule has 6 heteroatoms. The predicted octanol–water partition coefficient (Wildman–Crippen LogP) is 4.18. The van der Waals surface area contributed by atoms with Gasteiger partial charge >= 0.3 is 0 Å². The van der Waals surface area contributed by atoms with Crippen LogP contribution in [0.3, 0.4) is 0 Å². The van der Waals surface area contributed by atoms with Crippen LogP contribution in [0.25, 0.3) is 22.2 Å². The van der Waals surface area contributed by atoms with Crippen LogP contribution >= 0.6 is 0 Å². The van der Waals surface area contributed by atoms with E-state index in [1.54, 1.807) is 10.9 Å². The van der Waals surface area contributed by atoms with Crippen molar-refractivity contribution in [2.75, 3.05) is 11.4 Å². The van der Waals surface area contributed by atoms with Crippen molar-refractivity contribution in [1.29, 1.82) is 0 Å². The lowest BCUT2D eigenvalue weighted by molar-refractivity contribution is -0.119. The molecule has 2 aliphatic rings. The molecule has 1 fully saturated rings. The van der Waals surface area contributed by atoms with Gasteiger partial charge in [0.25, 0.3) is 5.56 Å². The minimum absolute atomic E-state index is 0.00473. The van der Waals surface area contributed by atoms with Crippen LogP contribution < -0.4 is 10.5 Å². The van der Waals surface area contributed by atoms with Crippen molar-refractivity contribution in [3.8, 4) is 11.1 Å². The van der Waals surface area contributed by atoms with E-state index in [9.17, 15) is 9.59 Å². The van der Waals surface area contributed by atoms with Crippen LogP contribution in [0.15, 0.2) is 71.9 Å². The summed E-state index contributed by atoms with van der Waals surface area (Å²) in [5, 5.41) is 0. The molecule has 2 aromatic carbocycles. The number of fused-ring (bicyclic) bond motifs is 2. The molecular weight excluding hydrogens is 400 g/mol. The second-order valence-corrected chi connectivity index (χ2v) is 8.70. The van der Waals surface area contributed by atoms with E-state index >= 15 is 0 Å². The smallest absolute Gasteiger partial charge is 0.278 e. The second kappa shape index (κ2) is 7.48. The first-order valence-electron chi connectivity index (χ1n) is 11.2. The van der Waals surface area contributed by atoms with E-state index in [0.29, 0.717) is 17.6 Å². The van der Waals surface area contributed by atoms with Gasteiger partial charge in [-0.15, -0.1) is 0 Å². The Bertz CT molecular complexity index is 1380. The molecule has 3 heterocycles. The summed E-state index contributed by atoms with van der Waals surface area (Å²) >= 11 is 0. The summed E-state index contributed by atoms with van der Waals surface area (Å²) in [4.78, 5) is 33.4. The first-order valence-corrected chi connectivity index (χ1v) is 11.2. The average molecular weight is 425 g/mol. The van der Waals surface area contributed by atoms with Crippen molar-refractivity contribution in [2.24, 2.45) is 0 Å². The van der Waals surface area contributed by atoms with E-state index in [-0.39, 0.29) is 24.1 Å². The molecule has 1 aliphatic heterocycles. The molecule has 6 nitrogen and oxygen atoms in total. The van der Waals surface area contributed by atoms with Crippen LogP contribution in [-0.4, -0.2) is 26.6 Å². The molecular formula is C26H24N4O2. The number of anilines is 1. The third-order valence-corrected chi connectivity index (χ3v) is 6.54. The van der Waals surface area contributed by atoms with Gasteiger partial charge in [0.2, 0.25) is 5.91 Å². The first-order chi connectivity index (χ1) is 15.7. The molecule has 0 unspecified atom stereocenters. The highest BCUT2D eigenvalue weighted by Gasteiger charge is 2.28. The van der Waals surface area contributed by atoms with Crippen LogP contribution in [0.1, 0.15) is 30.9 Å². The summed E-state index contributed by atoms with van der Waals surface area (Å²) in [6, 6.07) is 18.3. The number of para-hydroxylation sites is 1. The third kappa shape index (κ3) is 3.14. The third-order valence-electron chi connectivity index (χ3n) is 6.54. The molecule has 1 aliphatic carbocycles. The molecule has 0 saturated heterocycles. The van der Waals surface area contributed by atoms with Crippen molar-refractivity contribution >= 4 is 22.6 Å². The van der Waals surface area contributed by atoms with Gasteiger partial charge in [0.15, 0.2) is 0 Å². The summed E-state index contributed by atoms with van der Waals surface area (Å²) in [7, 11) is 0. The number of aryl methyl sites for hydroxylation is 1. The lowest BCUT2D eigenvalue weighted by atomic mass is 10.0. The van der Waals surface area contributed by atoms with Gasteiger partial charge in [-0.1, -0.05) is 48.5 Å². The fraction of sp³-hybridized carbons (Fsp3) is 0.269. The van der Waals surface area contributed by atoms with E-state index in [0.717, 1.165) is 42.5 Å². The van der Waals surface area contributed by atoms with E-state index in [1.807, 2.05) is 64.2 Å². The quantitative estimate of drug-likeness (QED) is 0.494. The lowest BCUT2D eigenvalue weighted by Gasteiger charge is -2.29. The number of rotatable bonds is 4. The van der Waals surface area contributed by atoms with Crippen LogP contribution in [0, 0.1) is 0 Å². The van der Waals surface area contributed by atoms with Gasteiger partial charge < -0.3 is 9.47 Å². The van der Waals surface area contributed by atoms with Gasteiger partial charge in [0.05, 0.1) is 6.33 Å². The highest BCUT2D eigenvalue weighted by Crippen LogP contribution is 2.35. The normalized spacial score (nSPS) is 15.7. The van der Waals surface area contributed by atoms with E-state index in [4.69, 9.17) is 0 Å². The molecule has 2 aromatic heterocycles. The van der Waals surface area contributed by atoms with Crippen LogP contribution in [0.5, 0.6) is 0 Å². The SMILES string of the molecule is O=C(Cn1cc(-c2ccccc2)c2ncn(C3CC3)c(=O)c21)N1CCCc2ccccc21. The maximum atomic E-state index is 13.4. The molecule has 0 spiro atoms. The minimum atomic E-state index is -0.0634. The maximum absolute atomic E-state index is 13.4. The zero-order valence-electron chi connectivity index (χ0n) is 17.8. The minimum Gasteiger partial charge on any atom is -0.332 e. The number of aromatic nitrogens is 3. The summed E-state index contributed by atoms with van der Waals surface area (Å²) < 4.78 is 3.54. The van der Waals surface area contributed by atoms with Crippen LogP contribution in [0.2, 0.25) is 0 Å². The number of amides is 1. The summed E-state index contributed by atoms with van der Waals surface area (Å²) in [6.07, 6.45) is 7.52. The van der Waals surface area contributed by atoms with E-state index in [2.05, 4.69) is 11.1 Å². The molecule has 6 rings (SSSR count). The topological polar surface area (TPSA) is 60.1 Å². The number of carbonyl (C=O) groups is 1. The summed E-state index contributed by atoms with van der Waals surface area (Å²) in [5.41, 5.74) is 5.16. The fourth-order valence-electron chi connectivity index (χ4n) is 4.78. The molecule has 1 amide bonds. The Balaban J connectivity index is 1.45. The van der Waals surface area contributed by atoms with E-state index in [1.165, 1.54) is 5.56 Å². The first kappa shape index (κ1) is 19.0. The maximum Gasteiger partial charge on any atom is 0.278 e. The molecule has 32 heavy (non-hydrogen) atoms. The molecule has 0 bridgehead atoms. The Labute approximate surface area is 185 Å². The number of benzene rings is 2. The second-order valence-electron chi connectivity index (χ2n) is 8.70. The lowest BCUT2D eigenvalue weighted by Crippen LogP contribution is -2.38. The van der Waals surface area contributed by atoms with Gasteiger partial charge in [-0.3, -0.25) is 14.2 Å². The monoisotopic (exact) mass is 424 g/mol. The molecule has 4 aromatic rings. The molecule has 0 radical (unpaired) electrons. The van der Waals surface area contributed by atoms with Gasteiger partial charge in [-0.25, -0.2) is 4.98 Å². The van der Waals surface area contributed by atoms with E-state index < -0.39 is 0 Å². The van der Waals surface area contributed by atoms with Crippen molar-refractivity contribution in [2.45, 2.75) is 38.3 Å². The zero-order chi connectivity index (χ0) is 21.7. The largest absolute Gasteiger partial charge is 0.332 e. The summed E-state index contributed by atoms with van der Waals surface area (Å²) in [6.45, 7) is 0.814. The average Bonchev–Trinajstić information content (AvgIpc) is 3.61. The number of hydrogen-bond donors (Lipinski definition) is 0. The standard InChI is InChI=1S/C26H24N4O2/c31-23(29-14-6-10-19-9-4-5-11-22(19)29)16-28-15-21(18-7-2-1-3-8-18)24-25(28)26(32)30(17-27-24)20-12-13-20/h1-5,7-9,11,15,17,20H,6,10,12-14,16H2. The van der Waals surface area contributed by atoms with Crippen LogP contribution in [0.4, 0.5) is 5.69 Å². The molecule has 0 atom stereocenters. The highest BCUT2D eigenvalue weighted by atomic mass is 16.2. The summed E-state index contributed by atoms with van der Waals surface area (Å²) in [5.74, 6) is -0.00473.